The summed E-state index contributed by atoms with van der Waals surface area (Å²) in [7, 11) is 0. The van der Waals surface area contributed by atoms with Gasteiger partial charge in [0.15, 0.2) is 0 Å². The largest absolute Gasteiger partial charge is 0.381 e. The Morgan fingerprint density at radius 3 is 1.85 bits per heavy atom. The van der Waals surface area contributed by atoms with E-state index in [2.05, 4.69) is 12.2 Å². The molecule has 0 saturated carbocycles. The quantitative estimate of drug-likeness (QED) is 0.454. The third kappa shape index (κ3) is 5.70. The van der Waals surface area contributed by atoms with Gasteiger partial charge in [0.2, 0.25) is 11.6 Å². The lowest BCUT2D eigenvalue weighted by Gasteiger charge is -2.18. The molecular weight excluding hydrogens is 346 g/mol. The van der Waals surface area contributed by atoms with E-state index in [4.69, 9.17) is 11.6 Å². The van der Waals surface area contributed by atoms with Crippen LogP contribution in [-0.4, -0.2) is 18.1 Å². The van der Waals surface area contributed by atoms with Crippen molar-refractivity contribution in [2.45, 2.75) is 71.1 Å². The van der Waals surface area contributed by atoms with Crippen LogP contribution in [0.5, 0.6) is 0 Å². The highest BCUT2D eigenvalue weighted by Crippen LogP contribution is 2.27. The lowest BCUT2D eigenvalue weighted by Crippen LogP contribution is -2.29. The molecule has 1 aliphatic carbocycles. The lowest BCUT2D eigenvalue weighted by atomic mass is 9.92. The van der Waals surface area contributed by atoms with Gasteiger partial charge in [-0.15, -0.1) is 0 Å². The molecule has 1 aliphatic rings. The zero-order chi connectivity index (χ0) is 18.8. The van der Waals surface area contributed by atoms with Crippen LogP contribution in [0.2, 0.25) is 0 Å². The molecule has 0 atom stereocenters. The van der Waals surface area contributed by atoms with Gasteiger partial charge in [0, 0.05) is 17.7 Å². The normalized spacial score (nSPS) is 13.9. The van der Waals surface area contributed by atoms with Crippen molar-refractivity contribution in [3.05, 3.63) is 46.1 Å². The number of unbranched alkanes of at least 4 members (excludes halogenated alkanes) is 9. The molecule has 0 fully saturated rings. The molecule has 3 nitrogen and oxygen atoms in total. The maximum atomic E-state index is 12.5. The SMILES string of the molecule is CCCCCCCCCCCCNC1=C(Cl)C(=O)c2ccccc2C1=O. The number of nitrogens with one attached hydrogen (secondary N) is 1. The fraction of sp³-hybridized carbons (Fsp3) is 0.545. The lowest BCUT2D eigenvalue weighted by molar-refractivity contribution is 0.0974. The van der Waals surface area contributed by atoms with E-state index in [1.54, 1.807) is 24.3 Å². The molecule has 0 aromatic heterocycles. The highest BCUT2D eigenvalue weighted by molar-refractivity contribution is 6.49. The second-order valence-corrected chi connectivity index (χ2v) is 7.38. The first kappa shape index (κ1) is 20.7. The summed E-state index contributed by atoms with van der Waals surface area (Å²) in [5, 5.41) is 3.11. The molecule has 26 heavy (non-hydrogen) atoms. The third-order valence-corrected chi connectivity index (χ3v) is 5.25. The predicted octanol–water partition coefficient (Wildman–Crippen LogP) is 6.03. The maximum Gasteiger partial charge on any atom is 0.211 e. The van der Waals surface area contributed by atoms with Crippen LogP contribution in [0.4, 0.5) is 0 Å². The second-order valence-electron chi connectivity index (χ2n) is 7.00. The van der Waals surface area contributed by atoms with Gasteiger partial charge in [0.1, 0.15) is 10.7 Å². The first-order chi connectivity index (χ1) is 12.7. The van der Waals surface area contributed by atoms with E-state index in [1.165, 1.54) is 51.4 Å². The van der Waals surface area contributed by atoms with Crippen molar-refractivity contribution in [1.29, 1.82) is 0 Å². The van der Waals surface area contributed by atoms with E-state index in [9.17, 15) is 9.59 Å². The van der Waals surface area contributed by atoms with Crippen LogP contribution in [0.25, 0.3) is 0 Å². The summed E-state index contributed by atoms with van der Waals surface area (Å²) >= 11 is 6.14. The summed E-state index contributed by atoms with van der Waals surface area (Å²) in [6.07, 6.45) is 12.7. The van der Waals surface area contributed by atoms with Gasteiger partial charge in [0.05, 0.1) is 0 Å². The van der Waals surface area contributed by atoms with Crippen LogP contribution in [-0.2, 0) is 0 Å². The summed E-state index contributed by atoms with van der Waals surface area (Å²) in [6, 6.07) is 6.84. The fourth-order valence-electron chi connectivity index (χ4n) is 3.33. The number of ketones is 2. The Morgan fingerprint density at radius 2 is 1.27 bits per heavy atom. The number of rotatable bonds is 12. The zero-order valence-corrected chi connectivity index (χ0v) is 16.5. The van der Waals surface area contributed by atoms with Crippen molar-refractivity contribution in [2.24, 2.45) is 0 Å². The molecule has 0 radical (unpaired) electrons. The summed E-state index contributed by atoms with van der Waals surface area (Å²) < 4.78 is 0. The molecule has 0 amide bonds. The monoisotopic (exact) mass is 375 g/mol. The van der Waals surface area contributed by atoms with Crippen molar-refractivity contribution < 1.29 is 9.59 Å². The predicted molar refractivity (Wildman–Crippen MR) is 108 cm³/mol. The van der Waals surface area contributed by atoms with Gasteiger partial charge in [0.25, 0.3) is 0 Å². The standard InChI is InChI=1S/C22H30ClNO2/c1-2-3-4-5-6-7-8-9-10-13-16-24-20-19(23)21(25)17-14-11-12-15-18(17)22(20)26/h11-12,14-15,24H,2-10,13,16H2,1H3. The number of hydrogen-bond acceptors (Lipinski definition) is 3. The fourth-order valence-corrected chi connectivity index (χ4v) is 3.58. The molecule has 1 aromatic carbocycles. The Bertz CT molecular complexity index is 651. The van der Waals surface area contributed by atoms with Gasteiger partial charge in [-0.1, -0.05) is 101 Å². The van der Waals surface area contributed by atoms with Crippen LogP contribution in [0.3, 0.4) is 0 Å². The minimum atomic E-state index is -0.271. The van der Waals surface area contributed by atoms with E-state index >= 15 is 0 Å². The Labute approximate surface area is 162 Å². The number of benzene rings is 1. The summed E-state index contributed by atoms with van der Waals surface area (Å²) in [5.74, 6) is -0.454. The number of Topliss-reactive ketones (excluding diaryl/α,β-unsaturated/α-hetero) is 2. The molecule has 2 rings (SSSR count). The van der Waals surface area contributed by atoms with Gasteiger partial charge in [-0.25, -0.2) is 0 Å². The van der Waals surface area contributed by atoms with Crippen molar-refractivity contribution >= 4 is 23.2 Å². The van der Waals surface area contributed by atoms with Crippen LogP contribution >= 0.6 is 11.6 Å². The first-order valence-electron chi connectivity index (χ1n) is 9.99. The van der Waals surface area contributed by atoms with Crippen LogP contribution in [0, 0.1) is 0 Å². The maximum absolute atomic E-state index is 12.5. The summed E-state index contributed by atoms with van der Waals surface area (Å²) in [6.45, 7) is 2.91. The molecule has 0 aliphatic heterocycles. The van der Waals surface area contributed by atoms with Gasteiger partial charge in [-0.2, -0.15) is 0 Å². The molecule has 0 spiro atoms. The molecule has 142 valence electrons. The molecule has 0 saturated heterocycles. The van der Waals surface area contributed by atoms with Gasteiger partial charge in [-0.05, 0) is 6.42 Å². The van der Waals surface area contributed by atoms with Crippen molar-refractivity contribution in [3.8, 4) is 0 Å². The van der Waals surface area contributed by atoms with E-state index in [-0.39, 0.29) is 22.3 Å². The third-order valence-electron chi connectivity index (χ3n) is 4.89. The molecule has 1 aromatic rings. The van der Waals surface area contributed by atoms with E-state index in [0.717, 1.165) is 12.8 Å². The second kappa shape index (κ2) is 11.2. The van der Waals surface area contributed by atoms with Gasteiger partial charge in [-0.3, -0.25) is 9.59 Å². The Morgan fingerprint density at radius 1 is 0.769 bits per heavy atom. The number of fused-ring (bicyclic) bond motifs is 1. The molecule has 0 heterocycles. The number of hydrogen-bond donors (Lipinski definition) is 1. The summed E-state index contributed by atoms with van der Waals surface area (Å²) in [4.78, 5) is 24.8. The summed E-state index contributed by atoms with van der Waals surface area (Å²) in [5.41, 5.74) is 1.09. The van der Waals surface area contributed by atoms with Crippen LogP contribution < -0.4 is 5.32 Å². The number of allylic oxidation sites excluding steroid dienone is 2. The van der Waals surface area contributed by atoms with Crippen LogP contribution in [0.15, 0.2) is 35.0 Å². The Balaban J connectivity index is 1.66. The first-order valence-corrected chi connectivity index (χ1v) is 10.4. The highest BCUT2D eigenvalue weighted by Gasteiger charge is 2.30. The number of carbonyl (C=O) groups excluding carboxylic acids is 2. The molecule has 4 heteroatoms. The average Bonchev–Trinajstić information content (AvgIpc) is 2.66. The van der Waals surface area contributed by atoms with Crippen molar-refractivity contribution in [2.75, 3.05) is 6.54 Å². The van der Waals surface area contributed by atoms with Crippen molar-refractivity contribution in [3.63, 3.8) is 0 Å². The zero-order valence-electron chi connectivity index (χ0n) is 15.8. The smallest absolute Gasteiger partial charge is 0.211 e. The minimum Gasteiger partial charge on any atom is -0.381 e. The average molecular weight is 376 g/mol. The number of carbonyl (C=O) groups is 2. The van der Waals surface area contributed by atoms with Gasteiger partial charge >= 0.3 is 0 Å². The molecule has 1 N–H and O–H groups in total. The topological polar surface area (TPSA) is 46.2 Å². The van der Waals surface area contributed by atoms with E-state index in [1.807, 2.05) is 0 Å². The Hall–Kier alpha value is -1.61. The van der Waals surface area contributed by atoms with Crippen molar-refractivity contribution in [1.82, 2.24) is 5.32 Å². The molecular formula is C22H30ClNO2. The molecule has 0 bridgehead atoms. The van der Waals surface area contributed by atoms with Crippen LogP contribution in [0.1, 0.15) is 91.8 Å². The number of halogens is 1. The minimum absolute atomic E-state index is 0.0146. The highest BCUT2D eigenvalue weighted by atomic mass is 35.5. The van der Waals surface area contributed by atoms with E-state index < -0.39 is 0 Å². The molecule has 0 unspecified atom stereocenters. The van der Waals surface area contributed by atoms with Gasteiger partial charge < -0.3 is 5.32 Å². The Kier molecular flexibility index (Phi) is 8.90. The van der Waals surface area contributed by atoms with E-state index in [0.29, 0.717) is 17.7 Å².